The van der Waals surface area contributed by atoms with E-state index in [2.05, 4.69) is 10.6 Å². The fourth-order valence-electron chi connectivity index (χ4n) is 1.66. The minimum atomic E-state index is -3.29. The Morgan fingerprint density at radius 1 is 1.50 bits per heavy atom. The molecule has 0 radical (unpaired) electrons. The van der Waals surface area contributed by atoms with E-state index in [1.165, 1.54) is 13.3 Å². The van der Waals surface area contributed by atoms with Crippen molar-refractivity contribution in [2.24, 2.45) is 0 Å². The van der Waals surface area contributed by atoms with Gasteiger partial charge in [-0.05, 0) is 26.3 Å². The number of hydrogen-bond acceptors (Lipinski definition) is 4. The van der Waals surface area contributed by atoms with Gasteiger partial charge < -0.3 is 10.6 Å². The summed E-state index contributed by atoms with van der Waals surface area (Å²) < 4.78 is 22.3. The first kappa shape index (κ1) is 13.4. The van der Waals surface area contributed by atoms with E-state index in [-0.39, 0.29) is 6.04 Å². The van der Waals surface area contributed by atoms with E-state index in [4.69, 9.17) is 0 Å². The van der Waals surface area contributed by atoms with E-state index in [1.54, 1.807) is 0 Å². The van der Waals surface area contributed by atoms with Crippen LogP contribution in [-0.4, -0.2) is 45.0 Å². The van der Waals surface area contributed by atoms with Crippen LogP contribution in [0.25, 0.3) is 0 Å². The van der Waals surface area contributed by atoms with Crippen molar-refractivity contribution in [3.05, 3.63) is 0 Å². The molecule has 1 amide bonds. The lowest BCUT2D eigenvalue weighted by atomic mass is 10.1. The molecule has 1 fully saturated rings. The SMILES string of the molecule is CC(C(=O)NCC1CCCCN1)S(C)(=O)=O. The molecule has 0 aromatic rings. The molecule has 1 aliphatic heterocycles. The predicted octanol–water partition coefficient (Wildman–Crippen LogP) is -0.322. The van der Waals surface area contributed by atoms with Gasteiger partial charge in [0, 0.05) is 18.8 Å². The van der Waals surface area contributed by atoms with E-state index >= 15 is 0 Å². The van der Waals surface area contributed by atoms with Crippen LogP contribution in [0, 0.1) is 0 Å². The zero-order valence-electron chi connectivity index (χ0n) is 9.82. The van der Waals surface area contributed by atoms with Crippen molar-refractivity contribution in [2.75, 3.05) is 19.3 Å². The molecule has 2 atom stereocenters. The van der Waals surface area contributed by atoms with Gasteiger partial charge in [0.1, 0.15) is 5.25 Å². The molecule has 0 aliphatic carbocycles. The summed E-state index contributed by atoms with van der Waals surface area (Å²) in [6.45, 7) is 2.90. The van der Waals surface area contributed by atoms with Gasteiger partial charge in [-0.15, -0.1) is 0 Å². The molecule has 94 valence electrons. The zero-order chi connectivity index (χ0) is 12.2. The summed E-state index contributed by atoms with van der Waals surface area (Å²) in [5.74, 6) is -0.408. The highest BCUT2D eigenvalue weighted by atomic mass is 32.2. The molecule has 1 heterocycles. The Morgan fingerprint density at radius 2 is 2.19 bits per heavy atom. The van der Waals surface area contributed by atoms with Gasteiger partial charge in [0.05, 0.1) is 0 Å². The molecule has 1 aliphatic rings. The van der Waals surface area contributed by atoms with E-state index < -0.39 is 21.0 Å². The Labute approximate surface area is 96.9 Å². The standard InChI is InChI=1S/C10H20N2O3S/c1-8(16(2,14)15)10(13)12-7-9-5-3-4-6-11-9/h8-9,11H,3-7H2,1-2H3,(H,12,13). The average molecular weight is 248 g/mol. The van der Waals surface area contributed by atoms with Crippen molar-refractivity contribution in [1.82, 2.24) is 10.6 Å². The molecule has 0 bridgehead atoms. The van der Waals surface area contributed by atoms with Crippen LogP contribution in [0.3, 0.4) is 0 Å². The van der Waals surface area contributed by atoms with E-state index in [1.807, 2.05) is 0 Å². The maximum Gasteiger partial charge on any atom is 0.238 e. The van der Waals surface area contributed by atoms with Crippen LogP contribution in [0.4, 0.5) is 0 Å². The maximum atomic E-state index is 11.5. The second kappa shape index (κ2) is 5.63. The molecule has 16 heavy (non-hydrogen) atoms. The lowest BCUT2D eigenvalue weighted by Gasteiger charge is -2.24. The first-order chi connectivity index (χ1) is 7.41. The minimum absolute atomic E-state index is 0.282. The highest BCUT2D eigenvalue weighted by Gasteiger charge is 2.24. The number of carbonyl (C=O) groups is 1. The quantitative estimate of drug-likeness (QED) is 0.715. The lowest BCUT2D eigenvalue weighted by molar-refractivity contribution is -0.120. The number of hydrogen-bond donors (Lipinski definition) is 2. The number of carbonyl (C=O) groups excluding carboxylic acids is 1. The summed E-state index contributed by atoms with van der Waals surface area (Å²) in [6.07, 6.45) is 4.45. The minimum Gasteiger partial charge on any atom is -0.353 e. The molecule has 0 aromatic heterocycles. The highest BCUT2D eigenvalue weighted by Crippen LogP contribution is 2.06. The van der Waals surface area contributed by atoms with Crippen molar-refractivity contribution in [2.45, 2.75) is 37.5 Å². The van der Waals surface area contributed by atoms with Gasteiger partial charge in [-0.25, -0.2) is 8.42 Å². The van der Waals surface area contributed by atoms with Gasteiger partial charge in [0.25, 0.3) is 0 Å². The first-order valence-corrected chi connectivity index (χ1v) is 7.56. The molecule has 5 nitrogen and oxygen atoms in total. The van der Waals surface area contributed by atoms with Crippen LogP contribution in [0.15, 0.2) is 0 Å². The third-order valence-electron chi connectivity index (χ3n) is 2.95. The summed E-state index contributed by atoms with van der Waals surface area (Å²) in [5, 5.41) is 5.00. The van der Waals surface area contributed by atoms with Crippen molar-refractivity contribution < 1.29 is 13.2 Å². The van der Waals surface area contributed by atoms with Crippen LogP contribution >= 0.6 is 0 Å². The zero-order valence-corrected chi connectivity index (χ0v) is 10.6. The third kappa shape index (κ3) is 4.09. The first-order valence-electron chi connectivity index (χ1n) is 5.61. The van der Waals surface area contributed by atoms with Gasteiger partial charge in [0.15, 0.2) is 9.84 Å². The summed E-state index contributed by atoms with van der Waals surface area (Å²) in [6, 6.07) is 0.282. The Morgan fingerprint density at radius 3 is 2.69 bits per heavy atom. The summed E-state index contributed by atoms with van der Waals surface area (Å²) in [5.41, 5.74) is 0. The average Bonchev–Trinajstić information content (AvgIpc) is 2.25. The van der Waals surface area contributed by atoms with Gasteiger partial charge >= 0.3 is 0 Å². The third-order valence-corrected chi connectivity index (χ3v) is 4.45. The Kier molecular flexibility index (Phi) is 4.73. The normalized spacial score (nSPS) is 23.8. The Bertz CT molecular complexity index is 334. The van der Waals surface area contributed by atoms with Crippen molar-refractivity contribution in [3.8, 4) is 0 Å². The molecular formula is C10H20N2O3S. The number of nitrogens with one attached hydrogen (secondary N) is 2. The van der Waals surface area contributed by atoms with Crippen molar-refractivity contribution >= 4 is 15.7 Å². The second-order valence-electron chi connectivity index (χ2n) is 4.36. The molecule has 1 saturated heterocycles. The molecule has 0 spiro atoms. The van der Waals surface area contributed by atoms with E-state index in [0.717, 1.165) is 25.6 Å². The topological polar surface area (TPSA) is 75.3 Å². The van der Waals surface area contributed by atoms with Gasteiger partial charge in [0.2, 0.25) is 5.91 Å². The maximum absolute atomic E-state index is 11.5. The predicted molar refractivity (Wildman–Crippen MR) is 63.0 cm³/mol. The molecule has 1 rings (SSSR count). The van der Waals surface area contributed by atoms with Crippen LogP contribution in [-0.2, 0) is 14.6 Å². The molecule has 2 unspecified atom stereocenters. The van der Waals surface area contributed by atoms with Gasteiger partial charge in [-0.2, -0.15) is 0 Å². The van der Waals surface area contributed by atoms with Crippen LogP contribution in [0.5, 0.6) is 0 Å². The van der Waals surface area contributed by atoms with Crippen LogP contribution < -0.4 is 10.6 Å². The number of amides is 1. The monoisotopic (exact) mass is 248 g/mol. The molecule has 0 aromatic carbocycles. The Hall–Kier alpha value is -0.620. The molecule has 2 N–H and O–H groups in total. The van der Waals surface area contributed by atoms with Crippen molar-refractivity contribution in [1.29, 1.82) is 0 Å². The van der Waals surface area contributed by atoms with Crippen LogP contribution in [0.1, 0.15) is 26.2 Å². The fourth-order valence-corrected chi connectivity index (χ4v) is 2.13. The summed E-state index contributed by atoms with van der Waals surface area (Å²) in [7, 11) is -3.29. The molecule has 6 heteroatoms. The smallest absolute Gasteiger partial charge is 0.238 e. The summed E-state index contributed by atoms with van der Waals surface area (Å²) >= 11 is 0. The van der Waals surface area contributed by atoms with Crippen molar-refractivity contribution in [3.63, 3.8) is 0 Å². The van der Waals surface area contributed by atoms with E-state index in [0.29, 0.717) is 6.54 Å². The largest absolute Gasteiger partial charge is 0.353 e. The molecule has 0 saturated carbocycles. The molecular weight excluding hydrogens is 228 g/mol. The van der Waals surface area contributed by atoms with E-state index in [9.17, 15) is 13.2 Å². The summed E-state index contributed by atoms with van der Waals surface area (Å²) in [4.78, 5) is 11.5. The fraction of sp³-hybridized carbons (Fsp3) is 0.900. The van der Waals surface area contributed by atoms with Gasteiger partial charge in [-0.1, -0.05) is 6.42 Å². The highest BCUT2D eigenvalue weighted by molar-refractivity contribution is 7.92. The number of sulfone groups is 1. The second-order valence-corrected chi connectivity index (χ2v) is 6.73. The number of rotatable bonds is 4. The van der Waals surface area contributed by atoms with Crippen LogP contribution in [0.2, 0.25) is 0 Å². The lowest BCUT2D eigenvalue weighted by Crippen LogP contribution is -2.46. The number of piperidine rings is 1. The Balaban J connectivity index is 2.34. The van der Waals surface area contributed by atoms with Gasteiger partial charge in [-0.3, -0.25) is 4.79 Å².